The second kappa shape index (κ2) is 5.21. The van der Waals surface area contributed by atoms with Gasteiger partial charge in [0.05, 0.1) is 12.0 Å². The first-order valence-corrected chi connectivity index (χ1v) is 6.86. The zero-order chi connectivity index (χ0) is 14.8. The molecule has 0 amide bonds. The van der Waals surface area contributed by atoms with E-state index in [9.17, 15) is 13.2 Å². The van der Waals surface area contributed by atoms with Crippen molar-refractivity contribution in [2.24, 2.45) is 0 Å². The summed E-state index contributed by atoms with van der Waals surface area (Å²) < 4.78 is 31.3. The van der Waals surface area contributed by atoms with Crippen LogP contribution in [0.3, 0.4) is 0 Å². The number of sulfonamides is 1. The van der Waals surface area contributed by atoms with Gasteiger partial charge in [0.25, 0.3) is 10.0 Å². The SMILES string of the molecule is COc1cccc(S(=O)(=O)Nc2cc(C(=O)O)[nH]n2)c1. The van der Waals surface area contributed by atoms with E-state index in [0.717, 1.165) is 6.07 Å². The van der Waals surface area contributed by atoms with Crippen molar-refractivity contribution in [1.29, 1.82) is 0 Å². The number of methoxy groups -OCH3 is 1. The lowest BCUT2D eigenvalue weighted by molar-refractivity contribution is 0.0690. The summed E-state index contributed by atoms with van der Waals surface area (Å²) in [6, 6.07) is 6.94. The van der Waals surface area contributed by atoms with E-state index in [2.05, 4.69) is 14.9 Å². The molecule has 1 aromatic heterocycles. The molecule has 0 aliphatic carbocycles. The van der Waals surface area contributed by atoms with E-state index in [1.54, 1.807) is 6.07 Å². The Morgan fingerprint density at radius 1 is 1.40 bits per heavy atom. The van der Waals surface area contributed by atoms with Gasteiger partial charge in [0.2, 0.25) is 0 Å². The number of benzene rings is 1. The second-order valence-electron chi connectivity index (χ2n) is 3.76. The minimum Gasteiger partial charge on any atom is -0.497 e. The summed E-state index contributed by atoms with van der Waals surface area (Å²) in [5, 5.41) is 14.5. The number of carboxylic acids is 1. The maximum absolute atomic E-state index is 12.1. The number of carboxylic acid groups (broad SMARTS) is 1. The first-order valence-electron chi connectivity index (χ1n) is 5.38. The maximum Gasteiger partial charge on any atom is 0.353 e. The van der Waals surface area contributed by atoms with E-state index in [1.807, 2.05) is 0 Å². The van der Waals surface area contributed by atoms with Crippen LogP contribution >= 0.6 is 0 Å². The zero-order valence-corrected chi connectivity index (χ0v) is 11.1. The molecule has 0 atom stereocenters. The fourth-order valence-electron chi connectivity index (χ4n) is 1.45. The summed E-state index contributed by atoms with van der Waals surface area (Å²) in [5.41, 5.74) is -0.214. The molecule has 20 heavy (non-hydrogen) atoms. The van der Waals surface area contributed by atoms with Gasteiger partial charge in [0, 0.05) is 12.1 Å². The van der Waals surface area contributed by atoms with Gasteiger partial charge in [-0.3, -0.25) is 9.82 Å². The number of rotatable bonds is 5. The number of aromatic nitrogens is 2. The van der Waals surface area contributed by atoms with Crippen LogP contribution in [0.1, 0.15) is 10.5 Å². The average molecular weight is 297 g/mol. The summed E-state index contributed by atoms with van der Waals surface area (Å²) in [6.45, 7) is 0. The van der Waals surface area contributed by atoms with Crippen LogP contribution in [0.15, 0.2) is 35.2 Å². The Labute approximate surface area is 114 Å². The summed E-state index contributed by atoms with van der Waals surface area (Å²) in [6.07, 6.45) is 0. The fourth-order valence-corrected chi connectivity index (χ4v) is 2.48. The summed E-state index contributed by atoms with van der Waals surface area (Å²) in [7, 11) is -2.44. The average Bonchev–Trinajstić information content (AvgIpc) is 2.87. The summed E-state index contributed by atoms with van der Waals surface area (Å²) in [4.78, 5) is 10.7. The minimum absolute atomic E-state index is 0.0169. The highest BCUT2D eigenvalue weighted by Gasteiger charge is 2.17. The van der Waals surface area contributed by atoms with Crippen LogP contribution in [0.25, 0.3) is 0 Å². The van der Waals surface area contributed by atoms with E-state index in [0.29, 0.717) is 5.75 Å². The van der Waals surface area contributed by atoms with Gasteiger partial charge in [-0.05, 0) is 12.1 Å². The quantitative estimate of drug-likeness (QED) is 0.754. The van der Waals surface area contributed by atoms with Crippen LogP contribution in [-0.2, 0) is 10.0 Å². The molecule has 0 aliphatic rings. The molecule has 0 spiro atoms. The van der Waals surface area contributed by atoms with Crippen LogP contribution in [-0.4, -0.2) is 36.8 Å². The predicted octanol–water partition coefficient (Wildman–Crippen LogP) is 0.917. The largest absolute Gasteiger partial charge is 0.497 e. The number of hydrogen-bond acceptors (Lipinski definition) is 5. The Morgan fingerprint density at radius 3 is 2.75 bits per heavy atom. The first kappa shape index (κ1) is 13.9. The molecular weight excluding hydrogens is 286 g/mol. The second-order valence-corrected chi connectivity index (χ2v) is 5.44. The van der Waals surface area contributed by atoms with Crippen LogP contribution in [0.5, 0.6) is 5.75 Å². The minimum atomic E-state index is -3.86. The molecule has 0 saturated heterocycles. The third-order valence-corrected chi connectivity index (χ3v) is 3.75. The third kappa shape index (κ3) is 2.88. The number of H-pyrrole nitrogens is 1. The van der Waals surface area contributed by atoms with Crippen molar-refractivity contribution in [2.45, 2.75) is 4.90 Å². The highest BCUT2D eigenvalue weighted by molar-refractivity contribution is 7.92. The summed E-state index contributed by atoms with van der Waals surface area (Å²) >= 11 is 0. The third-order valence-electron chi connectivity index (χ3n) is 2.40. The van der Waals surface area contributed by atoms with Crippen molar-refractivity contribution >= 4 is 21.8 Å². The number of aromatic amines is 1. The standard InChI is InChI=1S/C11H11N3O5S/c1-19-7-3-2-4-8(5-7)20(17,18)14-10-6-9(11(15)16)12-13-10/h2-6H,1H3,(H,15,16)(H2,12,13,14). The molecule has 0 fully saturated rings. The lowest BCUT2D eigenvalue weighted by atomic mass is 10.3. The summed E-state index contributed by atoms with van der Waals surface area (Å²) in [5.74, 6) is -0.948. The van der Waals surface area contributed by atoms with Gasteiger partial charge >= 0.3 is 5.97 Å². The number of hydrogen-bond donors (Lipinski definition) is 3. The monoisotopic (exact) mass is 297 g/mol. The van der Waals surface area contributed by atoms with Crippen LogP contribution < -0.4 is 9.46 Å². The number of aromatic carboxylic acids is 1. The number of ether oxygens (including phenoxy) is 1. The highest BCUT2D eigenvalue weighted by atomic mass is 32.2. The van der Waals surface area contributed by atoms with Crippen LogP contribution in [0.4, 0.5) is 5.82 Å². The van der Waals surface area contributed by atoms with Gasteiger partial charge in [-0.1, -0.05) is 6.07 Å². The predicted molar refractivity (Wildman–Crippen MR) is 69.3 cm³/mol. The van der Waals surface area contributed by atoms with Gasteiger partial charge < -0.3 is 9.84 Å². The van der Waals surface area contributed by atoms with Crippen molar-refractivity contribution in [2.75, 3.05) is 11.8 Å². The molecule has 0 radical (unpaired) electrons. The fraction of sp³-hybridized carbons (Fsp3) is 0.0909. The van der Waals surface area contributed by atoms with E-state index in [1.165, 1.54) is 25.3 Å². The molecule has 2 aromatic rings. The van der Waals surface area contributed by atoms with E-state index in [-0.39, 0.29) is 16.4 Å². The molecule has 2 rings (SSSR count). The van der Waals surface area contributed by atoms with Gasteiger partial charge in [-0.15, -0.1) is 0 Å². The molecule has 9 heteroatoms. The Kier molecular flexibility index (Phi) is 3.61. The van der Waals surface area contributed by atoms with Crippen molar-refractivity contribution in [3.05, 3.63) is 36.0 Å². The zero-order valence-electron chi connectivity index (χ0n) is 10.3. The topological polar surface area (TPSA) is 121 Å². The van der Waals surface area contributed by atoms with Gasteiger partial charge in [0.15, 0.2) is 5.82 Å². The molecule has 1 aromatic carbocycles. The Hall–Kier alpha value is -2.55. The molecule has 0 unspecified atom stereocenters. The number of anilines is 1. The Balaban J connectivity index is 2.27. The molecule has 3 N–H and O–H groups in total. The van der Waals surface area contributed by atoms with Crippen molar-refractivity contribution < 1.29 is 23.1 Å². The van der Waals surface area contributed by atoms with Crippen molar-refractivity contribution in [3.8, 4) is 5.75 Å². The van der Waals surface area contributed by atoms with Gasteiger partial charge in [0.1, 0.15) is 11.4 Å². The Morgan fingerprint density at radius 2 is 2.15 bits per heavy atom. The molecule has 0 aliphatic heterocycles. The lowest BCUT2D eigenvalue weighted by Gasteiger charge is -2.06. The molecule has 0 bridgehead atoms. The Bertz CT molecular complexity index is 738. The smallest absolute Gasteiger partial charge is 0.353 e. The van der Waals surface area contributed by atoms with Crippen molar-refractivity contribution in [1.82, 2.24) is 10.2 Å². The van der Waals surface area contributed by atoms with Crippen LogP contribution in [0, 0.1) is 0 Å². The number of carbonyl (C=O) groups is 1. The maximum atomic E-state index is 12.1. The molecular formula is C11H11N3O5S. The van der Waals surface area contributed by atoms with E-state index >= 15 is 0 Å². The molecule has 0 saturated carbocycles. The lowest BCUT2D eigenvalue weighted by Crippen LogP contribution is -2.13. The number of nitrogens with one attached hydrogen (secondary N) is 2. The highest BCUT2D eigenvalue weighted by Crippen LogP contribution is 2.19. The molecule has 106 valence electrons. The van der Waals surface area contributed by atoms with Crippen molar-refractivity contribution in [3.63, 3.8) is 0 Å². The number of nitrogens with zero attached hydrogens (tertiary/aromatic N) is 1. The van der Waals surface area contributed by atoms with Gasteiger partial charge in [-0.25, -0.2) is 13.2 Å². The van der Waals surface area contributed by atoms with Gasteiger partial charge in [-0.2, -0.15) is 5.10 Å². The first-order chi connectivity index (χ1) is 9.42. The molecule has 1 heterocycles. The van der Waals surface area contributed by atoms with E-state index in [4.69, 9.17) is 9.84 Å². The van der Waals surface area contributed by atoms with Crippen LogP contribution in [0.2, 0.25) is 0 Å². The van der Waals surface area contributed by atoms with E-state index < -0.39 is 16.0 Å². The molecule has 8 nitrogen and oxygen atoms in total. The normalized spacial score (nSPS) is 11.1.